The van der Waals surface area contributed by atoms with Gasteiger partial charge in [-0.05, 0) is 54.7 Å². The Labute approximate surface area is 139 Å². The van der Waals surface area contributed by atoms with Crippen molar-refractivity contribution in [3.8, 4) is 0 Å². The number of nitrogens with one attached hydrogen (secondary N) is 1. The van der Waals surface area contributed by atoms with Crippen molar-refractivity contribution in [1.29, 1.82) is 0 Å². The number of rotatable bonds is 8. The molecular weight excluding hydrogens is 310 g/mol. The summed E-state index contributed by atoms with van der Waals surface area (Å²) in [5.41, 5.74) is 2.19. The monoisotopic (exact) mass is 337 g/mol. The van der Waals surface area contributed by atoms with Gasteiger partial charge in [-0.1, -0.05) is 38.1 Å². The fourth-order valence-electron chi connectivity index (χ4n) is 3.09. The maximum atomic E-state index is 12.5. The lowest BCUT2D eigenvalue weighted by molar-refractivity contribution is 0.243. The molecule has 1 aliphatic carbocycles. The standard InChI is InChI=1S/C18H27NO3S/c1-14(2)11-15(9-10-20)13-19-23(21,22)18-8-7-16-5-3-4-6-17(16)12-18/h3-6,12,14-15,19-20H,7-11,13H2,1-2H3. The first-order chi connectivity index (χ1) is 10.9. The fourth-order valence-corrected chi connectivity index (χ4v) is 4.38. The highest BCUT2D eigenvalue weighted by molar-refractivity contribution is 7.93. The molecule has 0 aromatic heterocycles. The molecule has 0 bridgehead atoms. The number of benzene rings is 1. The molecule has 0 aliphatic heterocycles. The van der Waals surface area contributed by atoms with Crippen molar-refractivity contribution >= 4 is 16.1 Å². The maximum absolute atomic E-state index is 12.5. The molecule has 0 radical (unpaired) electrons. The predicted octanol–water partition coefficient (Wildman–Crippen LogP) is 2.94. The molecule has 0 heterocycles. The second kappa shape index (κ2) is 8.08. The molecule has 2 rings (SSSR count). The van der Waals surface area contributed by atoms with Crippen molar-refractivity contribution in [1.82, 2.24) is 4.72 Å². The van der Waals surface area contributed by atoms with Gasteiger partial charge in [-0.2, -0.15) is 0 Å². The zero-order chi connectivity index (χ0) is 16.9. The van der Waals surface area contributed by atoms with Gasteiger partial charge >= 0.3 is 0 Å². The zero-order valence-corrected chi connectivity index (χ0v) is 14.8. The molecule has 0 saturated heterocycles. The van der Waals surface area contributed by atoms with Crippen molar-refractivity contribution in [2.24, 2.45) is 11.8 Å². The van der Waals surface area contributed by atoms with E-state index in [2.05, 4.69) is 18.6 Å². The van der Waals surface area contributed by atoms with Gasteiger partial charge in [-0.25, -0.2) is 13.1 Å². The number of sulfonamides is 1. The lowest BCUT2D eigenvalue weighted by atomic mass is 9.95. The fraction of sp³-hybridized carbons (Fsp3) is 0.556. The van der Waals surface area contributed by atoms with E-state index in [0.717, 1.165) is 18.4 Å². The van der Waals surface area contributed by atoms with Crippen LogP contribution in [0, 0.1) is 11.8 Å². The molecule has 1 unspecified atom stereocenters. The number of aliphatic hydroxyl groups excluding tert-OH is 1. The Kier molecular flexibility index (Phi) is 6.39. The summed E-state index contributed by atoms with van der Waals surface area (Å²) in [6, 6.07) is 7.91. The minimum atomic E-state index is -3.45. The summed E-state index contributed by atoms with van der Waals surface area (Å²) < 4.78 is 27.8. The van der Waals surface area contributed by atoms with E-state index in [-0.39, 0.29) is 12.5 Å². The smallest absolute Gasteiger partial charge is 0.236 e. The molecule has 1 atom stereocenters. The molecule has 0 amide bonds. The first kappa shape index (κ1) is 18.2. The molecule has 2 N–H and O–H groups in total. The summed E-state index contributed by atoms with van der Waals surface area (Å²) in [5, 5.41) is 9.15. The molecular formula is C18H27NO3S. The molecule has 4 nitrogen and oxygen atoms in total. The second-order valence-corrected chi connectivity index (χ2v) is 8.49. The normalized spacial score (nSPS) is 16.1. The first-order valence-electron chi connectivity index (χ1n) is 8.31. The molecule has 1 aromatic rings. The van der Waals surface area contributed by atoms with Gasteiger partial charge in [0, 0.05) is 13.2 Å². The van der Waals surface area contributed by atoms with Gasteiger partial charge < -0.3 is 5.11 Å². The van der Waals surface area contributed by atoms with Crippen LogP contribution in [-0.4, -0.2) is 26.7 Å². The van der Waals surface area contributed by atoms with Crippen molar-refractivity contribution in [3.05, 3.63) is 40.3 Å². The van der Waals surface area contributed by atoms with E-state index in [4.69, 9.17) is 5.11 Å². The van der Waals surface area contributed by atoms with Crippen LogP contribution in [0.4, 0.5) is 0 Å². The lowest BCUT2D eigenvalue weighted by Gasteiger charge is -2.21. The van der Waals surface area contributed by atoms with E-state index < -0.39 is 10.0 Å². The molecule has 1 aromatic carbocycles. The van der Waals surface area contributed by atoms with Gasteiger partial charge in [0.15, 0.2) is 0 Å². The van der Waals surface area contributed by atoms with Crippen molar-refractivity contribution in [2.75, 3.05) is 13.2 Å². The molecule has 0 fully saturated rings. The Morgan fingerprint density at radius 1 is 1.22 bits per heavy atom. The van der Waals surface area contributed by atoms with Gasteiger partial charge in [0.05, 0.1) is 4.91 Å². The topological polar surface area (TPSA) is 66.4 Å². The number of hydrogen-bond acceptors (Lipinski definition) is 3. The highest BCUT2D eigenvalue weighted by Crippen LogP contribution is 2.26. The van der Waals surface area contributed by atoms with Crippen LogP contribution >= 0.6 is 0 Å². The molecule has 0 spiro atoms. The molecule has 128 valence electrons. The SMILES string of the molecule is CC(C)CC(CCO)CNS(=O)(=O)C1=Cc2ccccc2CC1. The average molecular weight is 337 g/mol. The van der Waals surface area contributed by atoms with Crippen molar-refractivity contribution in [3.63, 3.8) is 0 Å². The van der Waals surface area contributed by atoms with E-state index in [1.165, 1.54) is 5.56 Å². The van der Waals surface area contributed by atoms with E-state index in [9.17, 15) is 8.42 Å². The molecule has 1 aliphatic rings. The number of allylic oxidation sites excluding steroid dienone is 1. The minimum Gasteiger partial charge on any atom is -0.396 e. The Hall–Kier alpha value is -1.17. The number of hydrogen-bond donors (Lipinski definition) is 2. The second-order valence-electron chi connectivity index (χ2n) is 6.67. The van der Waals surface area contributed by atoms with Crippen LogP contribution in [0.1, 0.15) is 44.2 Å². The predicted molar refractivity (Wildman–Crippen MR) is 94.3 cm³/mol. The van der Waals surface area contributed by atoms with Crippen molar-refractivity contribution in [2.45, 2.75) is 39.5 Å². The molecule has 5 heteroatoms. The Morgan fingerprint density at radius 3 is 2.65 bits per heavy atom. The average Bonchev–Trinajstić information content (AvgIpc) is 2.52. The third-order valence-electron chi connectivity index (χ3n) is 4.26. The zero-order valence-electron chi connectivity index (χ0n) is 14.0. The summed E-state index contributed by atoms with van der Waals surface area (Å²) in [4.78, 5) is 0.462. The lowest BCUT2D eigenvalue weighted by Crippen LogP contribution is -2.32. The Bertz CT molecular complexity index is 650. The quantitative estimate of drug-likeness (QED) is 0.766. The largest absolute Gasteiger partial charge is 0.396 e. The van der Waals surface area contributed by atoms with E-state index in [1.807, 2.05) is 24.3 Å². The van der Waals surface area contributed by atoms with Gasteiger partial charge in [-0.3, -0.25) is 0 Å². The van der Waals surface area contributed by atoms with Gasteiger partial charge in [0.2, 0.25) is 10.0 Å². The van der Waals surface area contributed by atoms with E-state index in [1.54, 1.807) is 6.08 Å². The minimum absolute atomic E-state index is 0.0924. The van der Waals surface area contributed by atoms with E-state index >= 15 is 0 Å². The van der Waals surface area contributed by atoms with Gasteiger partial charge in [0.25, 0.3) is 0 Å². The number of aryl methyl sites for hydroxylation is 1. The Balaban J connectivity index is 2.06. The van der Waals surface area contributed by atoms with Gasteiger partial charge in [-0.15, -0.1) is 0 Å². The summed E-state index contributed by atoms with van der Waals surface area (Å²) in [7, 11) is -3.45. The highest BCUT2D eigenvalue weighted by Gasteiger charge is 2.22. The summed E-state index contributed by atoms with van der Waals surface area (Å²) in [5.74, 6) is 0.656. The third-order valence-corrected chi connectivity index (χ3v) is 5.82. The first-order valence-corrected chi connectivity index (χ1v) is 9.79. The van der Waals surface area contributed by atoms with Crippen LogP contribution in [0.5, 0.6) is 0 Å². The van der Waals surface area contributed by atoms with Crippen LogP contribution in [-0.2, 0) is 16.4 Å². The van der Waals surface area contributed by atoms with E-state index in [0.29, 0.717) is 30.2 Å². The van der Waals surface area contributed by atoms with Crippen LogP contribution in [0.15, 0.2) is 29.2 Å². The third kappa shape index (κ3) is 5.16. The summed E-state index contributed by atoms with van der Waals surface area (Å²) in [6.45, 7) is 4.70. The van der Waals surface area contributed by atoms with Crippen LogP contribution in [0.2, 0.25) is 0 Å². The molecule has 0 saturated carbocycles. The maximum Gasteiger partial charge on any atom is 0.236 e. The van der Waals surface area contributed by atoms with Crippen molar-refractivity contribution < 1.29 is 13.5 Å². The number of fused-ring (bicyclic) bond motifs is 1. The van der Waals surface area contributed by atoms with Crippen LogP contribution in [0.3, 0.4) is 0 Å². The van der Waals surface area contributed by atoms with Crippen LogP contribution in [0.25, 0.3) is 6.08 Å². The van der Waals surface area contributed by atoms with Gasteiger partial charge in [0.1, 0.15) is 0 Å². The highest BCUT2D eigenvalue weighted by atomic mass is 32.2. The summed E-state index contributed by atoms with van der Waals surface area (Å²) in [6.07, 6.45) is 4.62. The summed E-state index contributed by atoms with van der Waals surface area (Å²) >= 11 is 0. The number of aliphatic hydroxyl groups is 1. The van der Waals surface area contributed by atoms with Crippen LogP contribution < -0.4 is 4.72 Å². The molecule has 23 heavy (non-hydrogen) atoms. The Morgan fingerprint density at radius 2 is 1.96 bits per heavy atom.